The van der Waals surface area contributed by atoms with Crippen molar-refractivity contribution in [2.45, 2.75) is 39.3 Å². The van der Waals surface area contributed by atoms with Crippen LogP contribution in [0.5, 0.6) is 0 Å². The lowest BCUT2D eigenvalue weighted by atomic mass is 10.1. The van der Waals surface area contributed by atoms with Crippen molar-refractivity contribution in [3.63, 3.8) is 0 Å². The highest BCUT2D eigenvalue weighted by atomic mass is 19.1. The second-order valence-electron chi connectivity index (χ2n) is 4.58. The fourth-order valence-electron chi connectivity index (χ4n) is 1.86. The number of halogens is 1. The van der Waals surface area contributed by atoms with Gasteiger partial charge in [0.2, 0.25) is 0 Å². The molecule has 1 atom stereocenters. The van der Waals surface area contributed by atoms with Crippen LogP contribution in [0.25, 0.3) is 0 Å². The Morgan fingerprint density at radius 1 is 1.47 bits per heavy atom. The molecule has 2 heteroatoms. The molecule has 0 amide bonds. The Kier molecular flexibility index (Phi) is 3.06. The Hall–Kier alpha value is -0.890. The Morgan fingerprint density at radius 2 is 2.20 bits per heavy atom. The third kappa shape index (κ3) is 2.78. The molecule has 1 aliphatic carbocycles. The van der Waals surface area contributed by atoms with Gasteiger partial charge >= 0.3 is 0 Å². The van der Waals surface area contributed by atoms with E-state index in [1.165, 1.54) is 18.9 Å². The summed E-state index contributed by atoms with van der Waals surface area (Å²) in [6.45, 7) is 5.02. The predicted octanol–water partition coefficient (Wildman–Crippen LogP) is 3.02. The normalized spacial score (nSPS) is 17.8. The first-order valence-corrected chi connectivity index (χ1v) is 5.65. The van der Waals surface area contributed by atoms with Crippen LogP contribution in [0.2, 0.25) is 0 Å². The van der Waals surface area contributed by atoms with Crippen LogP contribution in [0.3, 0.4) is 0 Å². The summed E-state index contributed by atoms with van der Waals surface area (Å²) in [6.07, 6.45) is 2.69. The van der Waals surface area contributed by atoms with Gasteiger partial charge in [0.15, 0.2) is 0 Å². The van der Waals surface area contributed by atoms with Crippen molar-refractivity contribution in [2.75, 3.05) is 0 Å². The smallest absolute Gasteiger partial charge is 0.123 e. The van der Waals surface area contributed by atoms with E-state index in [0.717, 1.165) is 23.6 Å². The molecule has 1 aromatic rings. The summed E-state index contributed by atoms with van der Waals surface area (Å²) >= 11 is 0. The average Bonchev–Trinajstić information content (AvgIpc) is 3.02. The van der Waals surface area contributed by atoms with Gasteiger partial charge in [-0.05, 0) is 55.9 Å². The molecule has 1 saturated carbocycles. The molecule has 2 rings (SSSR count). The van der Waals surface area contributed by atoms with Gasteiger partial charge in [-0.2, -0.15) is 0 Å². The molecule has 1 N–H and O–H groups in total. The summed E-state index contributed by atoms with van der Waals surface area (Å²) in [7, 11) is 0. The lowest BCUT2D eigenvalue weighted by molar-refractivity contribution is 0.494. The monoisotopic (exact) mass is 207 g/mol. The summed E-state index contributed by atoms with van der Waals surface area (Å²) in [5.41, 5.74) is 2.23. The van der Waals surface area contributed by atoms with Crippen molar-refractivity contribution in [3.05, 3.63) is 35.1 Å². The highest BCUT2D eigenvalue weighted by Crippen LogP contribution is 2.32. The first kappa shape index (κ1) is 10.6. The number of nitrogens with one attached hydrogen (secondary N) is 1. The summed E-state index contributed by atoms with van der Waals surface area (Å²) in [5, 5.41) is 3.46. The van der Waals surface area contributed by atoms with Gasteiger partial charge in [-0.3, -0.25) is 0 Å². The first-order chi connectivity index (χ1) is 7.16. The van der Waals surface area contributed by atoms with Crippen LogP contribution in [-0.2, 0) is 6.54 Å². The van der Waals surface area contributed by atoms with E-state index >= 15 is 0 Å². The highest BCUT2D eigenvalue weighted by molar-refractivity contribution is 5.26. The molecule has 0 aliphatic heterocycles. The van der Waals surface area contributed by atoms with Crippen molar-refractivity contribution in [1.29, 1.82) is 0 Å². The van der Waals surface area contributed by atoms with Crippen LogP contribution >= 0.6 is 0 Å². The van der Waals surface area contributed by atoms with Crippen molar-refractivity contribution in [3.8, 4) is 0 Å². The Labute approximate surface area is 90.7 Å². The quantitative estimate of drug-likeness (QED) is 0.800. The number of benzene rings is 1. The molecular formula is C13H18FN. The maximum Gasteiger partial charge on any atom is 0.123 e. The van der Waals surface area contributed by atoms with Crippen LogP contribution in [-0.4, -0.2) is 6.04 Å². The van der Waals surface area contributed by atoms with E-state index in [1.807, 2.05) is 13.0 Å². The van der Waals surface area contributed by atoms with Gasteiger partial charge in [0.25, 0.3) is 0 Å². The standard InChI is InChI=1S/C13H18FN/c1-9-3-6-13(14)7-12(9)8-15-10(2)11-4-5-11/h3,6-7,10-11,15H,4-5,8H2,1-2H3. The molecule has 82 valence electrons. The van der Waals surface area contributed by atoms with Crippen LogP contribution in [0, 0.1) is 18.7 Å². The zero-order chi connectivity index (χ0) is 10.8. The molecular weight excluding hydrogens is 189 g/mol. The molecule has 0 saturated heterocycles. The Morgan fingerprint density at radius 3 is 2.87 bits per heavy atom. The summed E-state index contributed by atoms with van der Waals surface area (Å²) in [4.78, 5) is 0. The van der Waals surface area contributed by atoms with Gasteiger partial charge in [0.05, 0.1) is 0 Å². The summed E-state index contributed by atoms with van der Waals surface area (Å²) in [5.74, 6) is 0.704. The number of aryl methyl sites for hydroxylation is 1. The third-order valence-corrected chi connectivity index (χ3v) is 3.25. The van der Waals surface area contributed by atoms with Crippen molar-refractivity contribution < 1.29 is 4.39 Å². The largest absolute Gasteiger partial charge is 0.310 e. The minimum atomic E-state index is -0.142. The van der Waals surface area contributed by atoms with E-state index in [9.17, 15) is 4.39 Å². The van der Waals surface area contributed by atoms with E-state index < -0.39 is 0 Å². The van der Waals surface area contributed by atoms with E-state index in [2.05, 4.69) is 12.2 Å². The topological polar surface area (TPSA) is 12.0 Å². The van der Waals surface area contributed by atoms with Gasteiger partial charge < -0.3 is 5.32 Å². The molecule has 0 heterocycles. The van der Waals surface area contributed by atoms with Gasteiger partial charge in [0.1, 0.15) is 5.82 Å². The van der Waals surface area contributed by atoms with Gasteiger partial charge in [-0.1, -0.05) is 6.07 Å². The fraction of sp³-hybridized carbons (Fsp3) is 0.538. The Balaban J connectivity index is 1.94. The fourth-order valence-corrected chi connectivity index (χ4v) is 1.86. The Bertz CT molecular complexity index is 344. The van der Waals surface area contributed by atoms with E-state index in [4.69, 9.17) is 0 Å². The van der Waals surface area contributed by atoms with Crippen molar-refractivity contribution in [1.82, 2.24) is 5.32 Å². The van der Waals surface area contributed by atoms with Crippen LogP contribution in [0.4, 0.5) is 4.39 Å². The molecule has 0 aromatic heterocycles. The molecule has 0 spiro atoms. The molecule has 1 unspecified atom stereocenters. The number of rotatable bonds is 4. The zero-order valence-corrected chi connectivity index (χ0v) is 9.39. The maximum absolute atomic E-state index is 13.0. The molecule has 1 aromatic carbocycles. The molecule has 1 aliphatic rings. The zero-order valence-electron chi connectivity index (χ0n) is 9.39. The van der Waals surface area contributed by atoms with Crippen LogP contribution in [0.1, 0.15) is 30.9 Å². The lowest BCUT2D eigenvalue weighted by Crippen LogP contribution is -2.27. The third-order valence-electron chi connectivity index (χ3n) is 3.25. The number of hydrogen-bond donors (Lipinski definition) is 1. The highest BCUT2D eigenvalue weighted by Gasteiger charge is 2.27. The first-order valence-electron chi connectivity index (χ1n) is 5.65. The van der Waals surface area contributed by atoms with Crippen molar-refractivity contribution >= 4 is 0 Å². The van der Waals surface area contributed by atoms with E-state index in [-0.39, 0.29) is 5.82 Å². The SMILES string of the molecule is Cc1ccc(F)cc1CNC(C)C1CC1. The van der Waals surface area contributed by atoms with Gasteiger partial charge in [0, 0.05) is 12.6 Å². The van der Waals surface area contributed by atoms with Crippen molar-refractivity contribution in [2.24, 2.45) is 5.92 Å². The second kappa shape index (κ2) is 4.31. The van der Waals surface area contributed by atoms with Crippen LogP contribution in [0.15, 0.2) is 18.2 Å². The summed E-state index contributed by atoms with van der Waals surface area (Å²) in [6, 6.07) is 5.55. The van der Waals surface area contributed by atoms with Gasteiger partial charge in [-0.25, -0.2) is 4.39 Å². The second-order valence-corrected chi connectivity index (χ2v) is 4.58. The molecule has 0 radical (unpaired) electrons. The molecule has 1 nitrogen and oxygen atoms in total. The predicted molar refractivity (Wildman–Crippen MR) is 60.2 cm³/mol. The summed E-state index contributed by atoms with van der Waals surface area (Å²) < 4.78 is 13.0. The minimum Gasteiger partial charge on any atom is -0.310 e. The lowest BCUT2D eigenvalue weighted by Gasteiger charge is -2.14. The molecule has 0 bridgehead atoms. The average molecular weight is 207 g/mol. The number of hydrogen-bond acceptors (Lipinski definition) is 1. The minimum absolute atomic E-state index is 0.142. The van der Waals surface area contributed by atoms with Crippen LogP contribution < -0.4 is 5.32 Å². The van der Waals surface area contributed by atoms with E-state index in [0.29, 0.717) is 6.04 Å². The molecule has 1 fully saturated rings. The maximum atomic E-state index is 13.0. The van der Waals surface area contributed by atoms with Gasteiger partial charge in [-0.15, -0.1) is 0 Å². The molecule has 15 heavy (non-hydrogen) atoms. The van der Waals surface area contributed by atoms with E-state index in [1.54, 1.807) is 6.07 Å².